The summed E-state index contributed by atoms with van der Waals surface area (Å²) in [5.41, 5.74) is 9.06. The van der Waals surface area contributed by atoms with Gasteiger partial charge in [0.15, 0.2) is 5.78 Å². The summed E-state index contributed by atoms with van der Waals surface area (Å²) in [5.74, 6) is 0.473. The fourth-order valence-electron chi connectivity index (χ4n) is 11.3. The topological polar surface area (TPSA) is 17.1 Å². The summed E-state index contributed by atoms with van der Waals surface area (Å²) in [4.78, 5) is 16.3. The Morgan fingerprint density at radius 3 is 1.17 bits per heavy atom. The summed E-state index contributed by atoms with van der Waals surface area (Å²) in [7, 11) is 0. The first-order chi connectivity index (χ1) is 20.8. The molecule has 5 aliphatic rings. The number of Topliss-reactive ketones (excluding diaryl/α,β-unsaturated/α-hetero) is 1. The van der Waals surface area contributed by atoms with E-state index >= 15 is 4.79 Å². The van der Waals surface area contributed by atoms with E-state index in [0.29, 0.717) is 5.78 Å². The number of fused-ring (bicyclic) bond motifs is 4. The molecule has 0 saturated heterocycles. The Kier molecular flexibility index (Phi) is 5.00. The Labute approximate surface area is 249 Å². The minimum absolute atomic E-state index is 0.283. The van der Waals surface area contributed by atoms with E-state index in [1.54, 1.807) is 0 Å². The van der Waals surface area contributed by atoms with E-state index in [9.17, 15) is 0 Å². The van der Waals surface area contributed by atoms with E-state index in [4.69, 9.17) is 0 Å². The number of hydrogen-bond acceptors (Lipinski definition) is 1. The maximum absolute atomic E-state index is 16.3. The van der Waals surface area contributed by atoms with Crippen LogP contribution in [0.5, 0.6) is 0 Å². The van der Waals surface area contributed by atoms with Gasteiger partial charge in [0, 0.05) is 10.8 Å². The van der Waals surface area contributed by atoms with E-state index in [2.05, 4.69) is 121 Å². The van der Waals surface area contributed by atoms with Gasteiger partial charge < -0.3 is 0 Å². The molecule has 4 atom stereocenters. The predicted octanol–water partition coefficient (Wildman–Crippen LogP) is 9.50. The van der Waals surface area contributed by atoms with E-state index in [-0.39, 0.29) is 10.8 Å². The fourth-order valence-corrected chi connectivity index (χ4v) is 11.3. The molecule has 0 heterocycles. The van der Waals surface area contributed by atoms with Crippen molar-refractivity contribution in [3.8, 4) is 0 Å². The van der Waals surface area contributed by atoms with Crippen LogP contribution in [0.4, 0.5) is 0 Å². The molecule has 206 valence electrons. The third-order valence-corrected chi connectivity index (χ3v) is 12.1. The molecule has 2 saturated carbocycles. The predicted molar refractivity (Wildman–Crippen MR) is 170 cm³/mol. The van der Waals surface area contributed by atoms with Crippen LogP contribution in [-0.4, -0.2) is 5.78 Å². The number of rotatable bonds is 4. The van der Waals surface area contributed by atoms with E-state index in [1.807, 2.05) is 0 Å². The number of carbonyl (C=O) groups is 1. The quantitative estimate of drug-likeness (QED) is 0.234. The van der Waals surface area contributed by atoms with Crippen LogP contribution < -0.4 is 0 Å². The molecule has 1 heteroatoms. The van der Waals surface area contributed by atoms with E-state index < -0.39 is 10.8 Å². The largest absolute Gasteiger partial charge is 0.297 e. The Morgan fingerprint density at radius 2 is 0.786 bits per heavy atom. The molecule has 0 aliphatic heterocycles. The smallest absolute Gasteiger partial charge is 0.163 e. The second kappa shape index (κ2) is 8.54. The van der Waals surface area contributed by atoms with Crippen LogP contribution in [0.15, 0.2) is 132 Å². The average Bonchev–Trinajstić information content (AvgIpc) is 3.38. The lowest BCUT2D eigenvalue weighted by Gasteiger charge is -2.72. The molecule has 0 amide bonds. The second-order valence-electron chi connectivity index (χ2n) is 13.2. The number of benzene rings is 4. The van der Waals surface area contributed by atoms with Crippen molar-refractivity contribution >= 4 is 16.9 Å². The lowest BCUT2D eigenvalue weighted by Crippen LogP contribution is -2.66. The first kappa shape index (κ1) is 24.6. The lowest BCUT2D eigenvalue weighted by atomic mass is 9.29. The maximum atomic E-state index is 16.3. The van der Waals surface area contributed by atoms with E-state index in [0.717, 1.165) is 38.5 Å². The monoisotopic (exact) mass is 544 g/mol. The van der Waals surface area contributed by atoms with E-state index in [1.165, 1.54) is 57.4 Å². The summed E-state index contributed by atoms with van der Waals surface area (Å²) in [6, 6.07) is 44.3. The Bertz CT molecular complexity index is 1650. The number of carbonyl (C=O) groups excluding carboxylic acids is 1. The molecule has 2 fully saturated rings. The van der Waals surface area contributed by atoms with Crippen molar-refractivity contribution in [3.05, 3.63) is 155 Å². The molecule has 2 bridgehead atoms. The Hall–Kier alpha value is -3.97. The molecule has 0 N–H and O–H groups in total. The SMILES string of the molecule is O=C1C2(c3ccccc3)C3=C(CCCC3)C1(c1ccccc1)C13CCCCC21C(c1ccccc1)=C3c1ccccc1. The van der Waals surface area contributed by atoms with Crippen LogP contribution >= 0.6 is 0 Å². The summed E-state index contributed by atoms with van der Waals surface area (Å²) < 4.78 is 0. The highest BCUT2D eigenvalue weighted by atomic mass is 16.1. The molecule has 4 aromatic rings. The highest BCUT2D eigenvalue weighted by Crippen LogP contribution is 2.93. The van der Waals surface area contributed by atoms with Gasteiger partial charge in [-0.15, -0.1) is 0 Å². The average molecular weight is 545 g/mol. The van der Waals surface area contributed by atoms with Crippen LogP contribution in [0.3, 0.4) is 0 Å². The second-order valence-corrected chi connectivity index (χ2v) is 13.2. The van der Waals surface area contributed by atoms with Crippen LogP contribution in [0.25, 0.3) is 11.1 Å². The van der Waals surface area contributed by atoms with Crippen molar-refractivity contribution in [2.75, 3.05) is 0 Å². The Morgan fingerprint density at radius 1 is 0.429 bits per heavy atom. The standard InChI is InChI=1S/C41H36O/c42-37-40(31-21-9-3-10-22-31)33-25-13-14-26-34(33)41(37,32-23-11-4-12-24-32)39-28-16-15-27-38(39,40)35(29-17-5-1-6-18-29)36(39)30-19-7-2-8-20-30/h1-12,17-24H,13-16,25-28H2. The zero-order valence-electron chi connectivity index (χ0n) is 24.1. The number of allylic oxidation sites excluding steroid dienone is 4. The lowest BCUT2D eigenvalue weighted by molar-refractivity contribution is -0.124. The minimum atomic E-state index is -0.635. The highest BCUT2D eigenvalue weighted by molar-refractivity contribution is 6.24. The van der Waals surface area contributed by atoms with Crippen LogP contribution in [0.1, 0.15) is 73.6 Å². The van der Waals surface area contributed by atoms with Crippen LogP contribution in [0, 0.1) is 10.8 Å². The van der Waals surface area contributed by atoms with Crippen LogP contribution in [-0.2, 0) is 15.6 Å². The highest BCUT2D eigenvalue weighted by Gasteiger charge is 2.92. The summed E-state index contributed by atoms with van der Waals surface area (Å²) in [5, 5.41) is 0. The van der Waals surface area contributed by atoms with Gasteiger partial charge in [-0.25, -0.2) is 0 Å². The molecule has 0 spiro atoms. The molecular formula is C41H36O. The molecule has 0 aromatic heterocycles. The molecular weight excluding hydrogens is 508 g/mol. The van der Waals surface area contributed by atoms with Gasteiger partial charge in [-0.2, -0.15) is 0 Å². The number of hydrogen-bond donors (Lipinski definition) is 0. The van der Waals surface area contributed by atoms with Crippen molar-refractivity contribution in [1.29, 1.82) is 0 Å². The summed E-state index contributed by atoms with van der Waals surface area (Å²) in [6.45, 7) is 0. The first-order valence-electron chi connectivity index (χ1n) is 16.0. The molecule has 42 heavy (non-hydrogen) atoms. The van der Waals surface area contributed by atoms with Gasteiger partial charge in [0.2, 0.25) is 0 Å². The third-order valence-electron chi connectivity index (χ3n) is 12.1. The molecule has 4 aromatic carbocycles. The van der Waals surface area contributed by atoms with Gasteiger partial charge in [0.25, 0.3) is 0 Å². The van der Waals surface area contributed by atoms with Gasteiger partial charge >= 0.3 is 0 Å². The van der Waals surface area contributed by atoms with Crippen molar-refractivity contribution in [3.63, 3.8) is 0 Å². The Balaban J connectivity index is 1.53. The summed E-state index contributed by atoms with van der Waals surface area (Å²) >= 11 is 0. The zero-order valence-corrected chi connectivity index (χ0v) is 24.1. The number of ketones is 1. The van der Waals surface area contributed by atoms with Gasteiger partial charge in [-0.3, -0.25) is 4.79 Å². The molecule has 5 aliphatic carbocycles. The van der Waals surface area contributed by atoms with Crippen molar-refractivity contribution in [2.24, 2.45) is 10.8 Å². The van der Waals surface area contributed by atoms with Gasteiger partial charge in [0.05, 0.1) is 10.8 Å². The molecule has 9 rings (SSSR count). The van der Waals surface area contributed by atoms with Crippen molar-refractivity contribution < 1.29 is 4.79 Å². The third kappa shape index (κ3) is 2.42. The fraction of sp³-hybridized carbons (Fsp3) is 0.293. The minimum Gasteiger partial charge on any atom is -0.297 e. The molecule has 1 nitrogen and oxygen atoms in total. The summed E-state index contributed by atoms with van der Waals surface area (Å²) in [6.07, 6.45) is 8.84. The van der Waals surface area contributed by atoms with Crippen molar-refractivity contribution in [2.45, 2.75) is 62.2 Å². The molecule has 0 radical (unpaired) electrons. The maximum Gasteiger partial charge on any atom is 0.163 e. The van der Waals surface area contributed by atoms with Gasteiger partial charge in [0.1, 0.15) is 0 Å². The molecule has 4 unspecified atom stereocenters. The van der Waals surface area contributed by atoms with Crippen LogP contribution in [0.2, 0.25) is 0 Å². The van der Waals surface area contributed by atoms with Gasteiger partial charge in [-0.05, 0) is 71.9 Å². The zero-order chi connectivity index (χ0) is 28.0. The first-order valence-corrected chi connectivity index (χ1v) is 16.0. The normalized spacial score (nSPS) is 32.7. The van der Waals surface area contributed by atoms with Gasteiger partial charge in [-0.1, -0.05) is 145 Å². The van der Waals surface area contributed by atoms with Crippen molar-refractivity contribution in [1.82, 2.24) is 0 Å².